The van der Waals surface area contributed by atoms with Gasteiger partial charge < -0.3 is 9.52 Å². The third-order valence-electron chi connectivity index (χ3n) is 5.15. The summed E-state index contributed by atoms with van der Waals surface area (Å²) in [5.74, 6) is 0.639. The molecule has 1 aromatic carbocycles. The molecule has 0 bridgehead atoms. The molecule has 3 nitrogen and oxygen atoms in total. The average molecular weight is 387 g/mol. The van der Waals surface area contributed by atoms with E-state index in [4.69, 9.17) is 4.42 Å². The first-order chi connectivity index (χ1) is 12.8. The third-order valence-corrected chi connectivity index (χ3v) is 6.55. The van der Waals surface area contributed by atoms with Crippen LogP contribution in [0.1, 0.15) is 64.9 Å². The Morgan fingerprint density at radius 3 is 2.41 bits per heavy atom. The summed E-state index contributed by atoms with van der Waals surface area (Å²) in [4.78, 5) is 13.1. The summed E-state index contributed by atoms with van der Waals surface area (Å²) < 4.78 is 5.78. The van der Waals surface area contributed by atoms with E-state index in [2.05, 4.69) is 20.8 Å². The van der Waals surface area contributed by atoms with Crippen molar-refractivity contribution in [3.8, 4) is 17.1 Å². The maximum Gasteiger partial charge on any atom is 0.353 e. The Bertz CT molecular complexity index is 812. The van der Waals surface area contributed by atoms with Crippen molar-refractivity contribution in [2.45, 2.75) is 75.9 Å². The van der Waals surface area contributed by atoms with Crippen molar-refractivity contribution in [3.05, 3.63) is 46.3 Å². The van der Waals surface area contributed by atoms with Crippen LogP contribution in [0, 0.1) is 5.41 Å². The minimum absolute atomic E-state index is 0.130. The Balaban J connectivity index is 2.01. The number of hydrogen-bond acceptors (Lipinski definition) is 4. The van der Waals surface area contributed by atoms with Crippen LogP contribution in [0.15, 0.2) is 44.4 Å². The van der Waals surface area contributed by atoms with Crippen molar-refractivity contribution >= 4 is 11.8 Å². The quantitative estimate of drug-likeness (QED) is 0.644. The van der Waals surface area contributed by atoms with Gasteiger partial charge in [0.25, 0.3) is 0 Å². The van der Waals surface area contributed by atoms with Crippen LogP contribution in [-0.2, 0) is 6.42 Å². The maximum atomic E-state index is 12.7. The predicted octanol–water partition coefficient (Wildman–Crippen LogP) is 6.42. The summed E-state index contributed by atoms with van der Waals surface area (Å²) in [6, 6.07) is 9.62. The van der Waals surface area contributed by atoms with Gasteiger partial charge in [-0.25, -0.2) is 4.79 Å². The van der Waals surface area contributed by atoms with Crippen LogP contribution < -0.4 is 5.63 Å². The van der Waals surface area contributed by atoms with Gasteiger partial charge in [-0.15, -0.1) is 11.8 Å². The summed E-state index contributed by atoms with van der Waals surface area (Å²) in [5.41, 5.74) is 1.31. The topological polar surface area (TPSA) is 50.4 Å². The largest absolute Gasteiger partial charge is 0.506 e. The lowest BCUT2D eigenvalue weighted by Gasteiger charge is -2.22. The normalized spacial score (nSPS) is 15.8. The second kappa shape index (κ2) is 8.55. The first kappa shape index (κ1) is 20.1. The molecule has 1 saturated carbocycles. The fraction of sp³-hybridized carbons (Fsp3) is 0.522. The van der Waals surface area contributed by atoms with Gasteiger partial charge in [0, 0.05) is 16.4 Å². The predicted molar refractivity (Wildman–Crippen MR) is 113 cm³/mol. The van der Waals surface area contributed by atoms with E-state index >= 15 is 0 Å². The molecular weight excluding hydrogens is 356 g/mol. The van der Waals surface area contributed by atoms with Gasteiger partial charge in [-0.2, -0.15) is 0 Å². The highest BCUT2D eigenvalue weighted by Crippen LogP contribution is 2.41. The average Bonchev–Trinajstić information content (AvgIpc) is 2.65. The first-order valence-corrected chi connectivity index (χ1v) is 10.8. The summed E-state index contributed by atoms with van der Waals surface area (Å²) in [5, 5.41) is 11.5. The van der Waals surface area contributed by atoms with Gasteiger partial charge in [-0.05, 0) is 31.1 Å². The molecule has 0 aliphatic heterocycles. The van der Waals surface area contributed by atoms with Crippen LogP contribution in [0.25, 0.3) is 11.3 Å². The Hall–Kier alpha value is -1.68. The van der Waals surface area contributed by atoms with Crippen molar-refractivity contribution in [2.75, 3.05) is 0 Å². The van der Waals surface area contributed by atoms with Crippen molar-refractivity contribution in [1.82, 2.24) is 0 Å². The summed E-state index contributed by atoms with van der Waals surface area (Å²) >= 11 is 1.51. The lowest BCUT2D eigenvalue weighted by Crippen LogP contribution is -2.14. The van der Waals surface area contributed by atoms with Crippen molar-refractivity contribution in [1.29, 1.82) is 0 Å². The number of aromatic hydroxyl groups is 1. The van der Waals surface area contributed by atoms with E-state index in [-0.39, 0.29) is 11.2 Å². The van der Waals surface area contributed by atoms with E-state index < -0.39 is 5.63 Å². The molecule has 0 spiro atoms. The first-order valence-electron chi connectivity index (χ1n) is 9.96. The molecule has 3 rings (SSSR count). The van der Waals surface area contributed by atoms with Crippen molar-refractivity contribution < 1.29 is 9.52 Å². The molecule has 1 aliphatic rings. The van der Waals surface area contributed by atoms with Gasteiger partial charge in [0.2, 0.25) is 0 Å². The number of hydrogen-bond donors (Lipinski definition) is 1. The van der Waals surface area contributed by atoms with Gasteiger partial charge >= 0.3 is 5.63 Å². The molecule has 0 unspecified atom stereocenters. The Labute approximate surface area is 166 Å². The molecule has 1 aromatic heterocycles. The lowest BCUT2D eigenvalue weighted by molar-refractivity contribution is 0.366. The molecule has 1 fully saturated rings. The monoisotopic (exact) mass is 386 g/mol. The molecule has 1 heterocycles. The van der Waals surface area contributed by atoms with Crippen LogP contribution in [-0.4, -0.2) is 10.4 Å². The Kier molecular flexibility index (Phi) is 6.36. The summed E-state index contributed by atoms with van der Waals surface area (Å²) in [7, 11) is 0. The minimum atomic E-state index is -0.415. The second-order valence-electron chi connectivity index (χ2n) is 8.68. The highest BCUT2D eigenvalue weighted by molar-refractivity contribution is 8.00. The van der Waals surface area contributed by atoms with Crippen LogP contribution in [0.3, 0.4) is 0 Å². The maximum absolute atomic E-state index is 12.7. The van der Waals surface area contributed by atoms with Crippen LogP contribution in [0.4, 0.5) is 0 Å². The second-order valence-corrected chi connectivity index (χ2v) is 9.99. The fourth-order valence-electron chi connectivity index (χ4n) is 3.55. The van der Waals surface area contributed by atoms with Gasteiger partial charge in [0.1, 0.15) is 16.4 Å². The summed E-state index contributed by atoms with van der Waals surface area (Å²) in [6.45, 7) is 6.55. The van der Waals surface area contributed by atoms with Gasteiger partial charge in [0.05, 0.1) is 0 Å². The van der Waals surface area contributed by atoms with Crippen molar-refractivity contribution in [2.24, 2.45) is 5.41 Å². The van der Waals surface area contributed by atoms with Gasteiger partial charge in [0.15, 0.2) is 0 Å². The van der Waals surface area contributed by atoms with E-state index in [9.17, 15) is 9.90 Å². The van der Waals surface area contributed by atoms with Gasteiger partial charge in [-0.1, -0.05) is 70.4 Å². The van der Waals surface area contributed by atoms with Crippen LogP contribution in [0.2, 0.25) is 0 Å². The molecule has 146 valence electrons. The zero-order valence-electron chi connectivity index (χ0n) is 16.6. The molecule has 1 N–H and O–H groups in total. The highest BCUT2D eigenvalue weighted by Gasteiger charge is 2.25. The number of rotatable bonds is 5. The lowest BCUT2D eigenvalue weighted by atomic mass is 9.88. The number of thioether (sulfide) groups is 1. The summed E-state index contributed by atoms with van der Waals surface area (Å²) in [6.07, 6.45) is 7.44. The van der Waals surface area contributed by atoms with E-state index in [0.717, 1.165) is 30.4 Å². The van der Waals surface area contributed by atoms with E-state index in [1.165, 1.54) is 31.0 Å². The van der Waals surface area contributed by atoms with Crippen LogP contribution >= 0.6 is 11.8 Å². The standard InChI is InChI=1S/C23H30O3S/c1-23(2,3)15-14-18-19(24)21(27-17-12-8-5-9-13-17)22(25)26-20(18)16-10-6-4-7-11-16/h4,6-7,10-11,17,24H,5,8-9,12-15H2,1-3H3. The van der Waals surface area contributed by atoms with E-state index in [1.807, 2.05) is 30.3 Å². The molecule has 0 radical (unpaired) electrons. The molecule has 0 saturated heterocycles. The Morgan fingerprint density at radius 2 is 1.78 bits per heavy atom. The molecule has 2 aromatic rings. The smallest absolute Gasteiger partial charge is 0.353 e. The SMILES string of the molecule is CC(C)(C)CCc1c(-c2ccccc2)oc(=O)c(SC2CCCCC2)c1O. The third kappa shape index (κ3) is 5.19. The molecule has 4 heteroatoms. The fourth-order valence-corrected chi connectivity index (χ4v) is 4.83. The molecule has 27 heavy (non-hydrogen) atoms. The van der Waals surface area contributed by atoms with E-state index in [1.54, 1.807) is 0 Å². The zero-order chi connectivity index (χ0) is 19.4. The molecular formula is C23H30O3S. The van der Waals surface area contributed by atoms with E-state index in [0.29, 0.717) is 22.3 Å². The molecule has 0 amide bonds. The van der Waals surface area contributed by atoms with Crippen molar-refractivity contribution in [3.63, 3.8) is 0 Å². The molecule has 1 aliphatic carbocycles. The Morgan fingerprint density at radius 1 is 1.11 bits per heavy atom. The van der Waals surface area contributed by atoms with Crippen LogP contribution in [0.5, 0.6) is 5.75 Å². The van der Waals surface area contributed by atoms with Gasteiger partial charge in [-0.3, -0.25) is 0 Å². The minimum Gasteiger partial charge on any atom is -0.506 e. The highest BCUT2D eigenvalue weighted by atomic mass is 32.2. The molecule has 0 atom stereocenters. The zero-order valence-corrected chi connectivity index (χ0v) is 17.4. The number of benzene rings is 1.